The van der Waals surface area contributed by atoms with Crippen LogP contribution in [0.5, 0.6) is 0 Å². The second-order valence-corrected chi connectivity index (χ2v) is 10.5. The van der Waals surface area contributed by atoms with Crippen molar-refractivity contribution >= 4 is 0 Å². The molecule has 3 unspecified atom stereocenters. The summed E-state index contributed by atoms with van der Waals surface area (Å²) in [6.45, 7) is 1.04. The quantitative estimate of drug-likeness (QED) is 0.646. The maximum atomic E-state index is 10.4. The lowest BCUT2D eigenvalue weighted by molar-refractivity contribution is -0.0120. The minimum atomic E-state index is -0.593. The Balaban J connectivity index is 1.38. The van der Waals surface area contributed by atoms with Crippen molar-refractivity contribution in [1.82, 2.24) is 14.8 Å². The molecule has 0 radical (unpaired) electrons. The number of nitrogens with zero attached hydrogens (tertiary/aromatic N) is 4. The van der Waals surface area contributed by atoms with E-state index in [1.54, 1.807) is 7.11 Å². The molecule has 5 nitrogen and oxygen atoms in total. The number of nitriles is 1. The molecule has 4 aliphatic rings. The summed E-state index contributed by atoms with van der Waals surface area (Å²) >= 11 is 0. The number of rotatable bonds is 7. The van der Waals surface area contributed by atoms with Crippen molar-refractivity contribution in [2.45, 2.75) is 87.2 Å². The van der Waals surface area contributed by atoms with Crippen LogP contribution in [-0.2, 0) is 22.1 Å². The summed E-state index contributed by atoms with van der Waals surface area (Å²) in [5.74, 6) is 4.32. The molecule has 1 heterocycles. The SMILES string of the molecule is COC1CC(c2nc(C3CC3)n(CC3CC3)n2)(C2CC2)CCC1(C#N)c1ccccc1. The molecule has 1 aromatic carbocycles. The van der Waals surface area contributed by atoms with Gasteiger partial charge < -0.3 is 4.74 Å². The first-order valence-electron chi connectivity index (χ1n) is 12.1. The summed E-state index contributed by atoms with van der Waals surface area (Å²) in [6, 6.07) is 13.0. The van der Waals surface area contributed by atoms with Crippen LogP contribution in [0.3, 0.4) is 0 Å². The fourth-order valence-electron chi connectivity index (χ4n) is 6.01. The Bertz CT molecular complexity index is 998. The highest BCUT2D eigenvalue weighted by Gasteiger charge is 2.58. The second-order valence-electron chi connectivity index (χ2n) is 10.5. The Labute approximate surface area is 184 Å². The summed E-state index contributed by atoms with van der Waals surface area (Å²) in [7, 11) is 1.78. The molecule has 2 aromatic rings. The van der Waals surface area contributed by atoms with E-state index in [1.165, 1.54) is 44.3 Å². The Morgan fingerprint density at radius 1 is 1.10 bits per heavy atom. The summed E-state index contributed by atoms with van der Waals surface area (Å²) in [4.78, 5) is 5.24. The predicted octanol–water partition coefficient (Wildman–Crippen LogP) is 4.87. The molecular formula is C26H32N4O. The Morgan fingerprint density at radius 2 is 1.87 bits per heavy atom. The Hall–Kier alpha value is -2.19. The van der Waals surface area contributed by atoms with Gasteiger partial charge in [-0.3, -0.25) is 0 Å². The number of aromatic nitrogens is 3. The van der Waals surface area contributed by atoms with Crippen molar-refractivity contribution < 1.29 is 4.74 Å². The van der Waals surface area contributed by atoms with E-state index in [0.717, 1.165) is 43.1 Å². The predicted molar refractivity (Wildman–Crippen MR) is 118 cm³/mol. The van der Waals surface area contributed by atoms with Crippen LogP contribution >= 0.6 is 0 Å². The minimum absolute atomic E-state index is 0.0474. The van der Waals surface area contributed by atoms with Gasteiger partial charge in [-0.2, -0.15) is 10.4 Å². The van der Waals surface area contributed by atoms with E-state index >= 15 is 0 Å². The fraction of sp³-hybridized carbons (Fsp3) is 0.654. The third-order valence-electron chi connectivity index (χ3n) is 8.41. The summed E-state index contributed by atoms with van der Waals surface area (Å²) in [6.07, 6.45) is 10.1. The second kappa shape index (κ2) is 7.17. The smallest absolute Gasteiger partial charge is 0.157 e. The molecule has 4 fully saturated rings. The van der Waals surface area contributed by atoms with Gasteiger partial charge in [0.05, 0.1) is 12.2 Å². The molecule has 4 aliphatic carbocycles. The zero-order chi connectivity index (χ0) is 21.1. The van der Waals surface area contributed by atoms with Crippen LogP contribution in [-0.4, -0.2) is 28.0 Å². The minimum Gasteiger partial charge on any atom is -0.379 e. The first-order valence-corrected chi connectivity index (χ1v) is 12.1. The molecule has 31 heavy (non-hydrogen) atoms. The highest BCUT2D eigenvalue weighted by atomic mass is 16.5. The molecule has 4 saturated carbocycles. The van der Waals surface area contributed by atoms with Crippen LogP contribution < -0.4 is 0 Å². The van der Waals surface area contributed by atoms with E-state index in [2.05, 4.69) is 22.9 Å². The van der Waals surface area contributed by atoms with Gasteiger partial charge in [-0.25, -0.2) is 9.67 Å². The maximum absolute atomic E-state index is 10.4. The van der Waals surface area contributed by atoms with Gasteiger partial charge in [0.15, 0.2) is 5.82 Å². The largest absolute Gasteiger partial charge is 0.379 e. The van der Waals surface area contributed by atoms with Gasteiger partial charge in [0, 0.05) is 25.0 Å². The van der Waals surface area contributed by atoms with E-state index in [4.69, 9.17) is 14.8 Å². The third kappa shape index (κ3) is 3.22. The van der Waals surface area contributed by atoms with Crippen molar-refractivity contribution in [1.29, 1.82) is 5.26 Å². The molecule has 0 spiro atoms. The van der Waals surface area contributed by atoms with E-state index in [1.807, 2.05) is 18.2 Å². The van der Waals surface area contributed by atoms with Crippen LogP contribution in [0.15, 0.2) is 30.3 Å². The molecule has 0 N–H and O–H groups in total. The van der Waals surface area contributed by atoms with E-state index in [0.29, 0.717) is 11.8 Å². The first-order chi connectivity index (χ1) is 15.2. The first kappa shape index (κ1) is 19.5. The lowest BCUT2D eigenvalue weighted by Crippen LogP contribution is -2.51. The fourth-order valence-corrected chi connectivity index (χ4v) is 6.01. The topological polar surface area (TPSA) is 63.7 Å². The average molecular weight is 417 g/mol. The van der Waals surface area contributed by atoms with Crippen LogP contribution in [0.25, 0.3) is 0 Å². The average Bonchev–Trinajstić information content (AvgIpc) is 3.67. The number of ether oxygens (including phenoxy) is 1. The number of hydrogen-bond acceptors (Lipinski definition) is 4. The standard InChI is InChI=1S/C26H32N4O/c1-31-22-15-25(21-11-12-21,13-14-26(22,17-27)20-5-3-2-4-6-20)24-28-23(19-9-10-19)30(29-24)16-18-7-8-18/h2-6,18-19,21-22H,7-16H2,1H3. The van der Waals surface area contributed by atoms with Crippen LogP contribution in [0.1, 0.15) is 80.9 Å². The van der Waals surface area contributed by atoms with Crippen LogP contribution in [0, 0.1) is 23.2 Å². The van der Waals surface area contributed by atoms with Gasteiger partial charge in [0.1, 0.15) is 11.2 Å². The van der Waals surface area contributed by atoms with Crippen molar-refractivity contribution in [2.75, 3.05) is 7.11 Å². The number of methoxy groups -OCH3 is 1. The van der Waals surface area contributed by atoms with Crippen LogP contribution in [0.2, 0.25) is 0 Å². The van der Waals surface area contributed by atoms with Gasteiger partial charge in [0.2, 0.25) is 0 Å². The molecule has 0 saturated heterocycles. The number of hydrogen-bond donors (Lipinski definition) is 0. The summed E-state index contributed by atoms with van der Waals surface area (Å²) in [5, 5.41) is 15.6. The third-order valence-corrected chi connectivity index (χ3v) is 8.41. The molecule has 1 aromatic heterocycles. The van der Waals surface area contributed by atoms with Gasteiger partial charge in [0.25, 0.3) is 0 Å². The van der Waals surface area contributed by atoms with E-state index in [9.17, 15) is 5.26 Å². The monoisotopic (exact) mass is 416 g/mol. The normalized spacial score (nSPS) is 33.2. The maximum Gasteiger partial charge on any atom is 0.157 e. The van der Waals surface area contributed by atoms with Crippen LogP contribution in [0.4, 0.5) is 0 Å². The lowest BCUT2D eigenvalue weighted by atomic mass is 9.58. The van der Waals surface area contributed by atoms with Gasteiger partial charge in [-0.15, -0.1) is 0 Å². The Kier molecular flexibility index (Phi) is 4.51. The van der Waals surface area contributed by atoms with E-state index in [-0.39, 0.29) is 11.5 Å². The highest BCUT2D eigenvalue weighted by molar-refractivity contribution is 5.38. The van der Waals surface area contributed by atoms with Gasteiger partial charge >= 0.3 is 0 Å². The molecule has 0 aliphatic heterocycles. The zero-order valence-electron chi connectivity index (χ0n) is 18.5. The van der Waals surface area contributed by atoms with Crippen molar-refractivity contribution in [3.05, 3.63) is 47.5 Å². The molecule has 3 atom stereocenters. The van der Waals surface area contributed by atoms with Crippen molar-refractivity contribution in [2.24, 2.45) is 11.8 Å². The molecule has 0 bridgehead atoms. The van der Waals surface area contributed by atoms with E-state index < -0.39 is 5.41 Å². The molecule has 5 heteroatoms. The molecule has 0 amide bonds. The zero-order valence-corrected chi connectivity index (χ0v) is 18.5. The highest BCUT2D eigenvalue weighted by Crippen LogP contribution is 2.58. The molecule has 162 valence electrons. The molecule has 6 rings (SSSR count). The number of benzene rings is 1. The lowest BCUT2D eigenvalue weighted by Gasteiger charge is -2.47. The summed E-state index contributed by atoms with van der Waals surface area (Å²) in [5.41, 5.74) is 0.443. The van der Waals surface area contributed by atoms with Gasteiger partial charge in [-0.05, 0) is 75.2 Å². The Morgan fingerprint density at radius 3 is 2.48 bits per heavy atom. The summed E-state index contributed by atoms with van der Waals surface area (Å²) < 4.78 is 8.36. The molecular weight excluding hydrogens is 384 g/mol. The van der Waals surface area contributed by atoms with Gasteiger partial charge in [-0.1, -0.05) is 30.3 Å². The van der Waals surface area contributed by atoms with Crippen molar-refractivity contribution in [3.8, 4) is 6.07 Å². The van der Waals surface area contributed by atoms with Crippen molar-refractivity contribution in [3.63, 3.8) is 0 Å².